The Balaban J connectivity index is 1.54. The van der Waals surface area contributed by atoms with Crippen LogP contribution in [0.2, 0.25) is 0 Å². The Labute approximate surface area is 161 Å². The highest BCUT2D eigenvalue weighted by Gasteiger charge is 2.10. The Morgan fingerprint density at radius 2 is 1.85 bits per heavy atom. The average molecular weight is 384 g/mol. The Bertz CT molecular complexity index is 925. The molecule has 2 aromatic carbocycles. The molecule has 0 spiro atoms. The van der Waals surface area contributed by atoms with Crippen LogP contribution in [0.15, 0.2) is 42.5 Å². The third-order valence-corrected chi connectivity index (χ3v) is 4.75. The van der Waals surface area contributed by atoms with E-state index in [-0.39, 0.29) is 0 Å². The van der Waals surface area contributed by atoms with Gasteiger partial charge in [0.05, 0.1) is 7.11 Å². The topological polar surface area (TPSA) is 85.4 Å². The number of hydrogen-bond donors (Lipinski definition) is 2. The van der Waals surface area contributed by atoms with Gasteiger partial charge in [-0.3, -0.25) is 5.32 Å². The third kappa shape index (κ3) is 4.95. The lowest BCUT2D eigenvalue weighted by Crippen LogP contribution is -2.19. The number of aryl methyl sites for hydroxylation is 1. The van der Waals surface area contributed by atoms with Gasteiger partial charge in [-0.25, -0.2) is 4.79 Å². The highest BCUT2D eigenvalue weighted by Crippen LogP contribution is 2.23. The first-order valence-electron chi connectivity index (χ1n) is 8.28. The molecule has 140 valence electrons. The number of amides is 2. The zero-order chi connectivity index (χ0) is 19.2. The standard InChI is InChI=1S/C19H20N4O3S/c1-12-5-4-6-16(13(12)2)26-11-17-22-23-19(27-17)21-18(24)20-14-7-9-15(25-3)10-8-14/h4-10H,11H2,1-3H3,(H2,20,21,23,24). The Kier molecular flexibility index (Phi) is 5.87. The zero-order valence-electron chi connectivity index (χ0n) is 15.3. The molecule has 1 heterocycles. The molecular weight excluding hydrogens is 364 g/mol. The van der Waals surface area contributed by atoms with E-state index in [1.807, 2.05) is 32.0 Å². The van der Waals surface area contributed by atoms with E-state index in [4.69, 9.17) is 9.47 Å². The quantitative estimate of drug-likeness (QED) is 0.658. The molecule has 0 aliphatic carbocycles. The van der Waals surface area contributed by atoms with Crippen LogP contribution in [0.25, 0.3) is 0 Å². The van der Waals surface area contributed by atoms with E-state index in [9.17, 15) is 4.79 Å². The van der Waals surface area contributed by atoms with Crippen LogP contribution in [0, 0.1) is 13.8 Å². The third-order valence-electron chi connectivity index (χ3n) is 3.94. The first kappa shape index (κ1) is 18.7. The minimum Gasteiger partial charge on any atom is -0.497 e. The van der Waals surface area contributed by atoms with Gasteiger partial charge in [0, 0.05) is 5.69 Å². The fraction of sp³-hybridized carbons (Fsp3) is 0.211. The predicted molar refractivity (Wildman–Crippen MR) is 106 cm³/mol. The number of methoxy groups -OCH3 is 1. The Morgan fingerprint density at radius 1 is 1.07 bits per heavy atom. The summed E-state index contributed by atoms with van der Waals surface area (Å²) in [5.74, 6) is 1.54. The van der Waals surface area contributed by atoms with Gasteiger partial charge in [-0.1, -0.05) is 23.5 Å². The van der Waals surface area contributed by atoms with Gasteiger partial charge in [-0.2, -0.15) is 0 Å². The summed E-state index contributed by atoms with van der Waals surface area (Å²) in [4.78, 5) is 12.1. The number of hydrogen-bond acceptors (Lipinski definition) is 6. The summed E-state index contributed by atoms with van der Waals surface area (Å²) in [5.41, 5.74) is 2.91. The molecule has 0 radical (unpaired) electrons. The first-order valence-corrected chi connectivity index (χ1v) is 9.10. The Hall–Kier alpha value is -3.13. The fourth-order valence-corrected chi connectivity index (χ4v) is 2.96. The molecule has 8 heteroatoms. The molecular formula is C19H20N4O3S. The van der Waals surface area contributed by atoms with Crippen molar-refractivity contribution in [2.24, 2.45) is 0 Å². The summed E-state index contributed by atoms with van der Waals surface area (Å²) in [6, 6.07) is 12.6. The first-order chi connectivity index (χ1) is 13.0. The van der Waals surface area contributed by atoms with Crippen LogP contribution < -0.4 is 20.1 Å². The van der Waals surface area contributed by atoms with Gasteiger partial charge in [0.25, 0.3) is 0 Å². The van der Waals surface area contributed by atoms with Gasteiger partial charge in [0.1, 0.15) is 18.1 Å². The molecule has 3 rings (SSSR count). The molecule has 0 aliphatic rings. The minimum absolute atomic E-state index is 0.295. The molecule has 1 aromatic heterocycles. The summed E-state index contributed by atoms with van der Waals surface area (Å²) < 4.78 is 10.9. The normalized spacial score (nSPS) is 10.3. The molecule has 0 atom stereocenters. The molecule has 0 saturated heterocycles. The maximum Gasteiger partial charge on any atom is 0.325 e. The van der Waals surface area contributed by atoms with Crippen LogP contribution in [0.1, 0.15) is 16.1 Å². The minimum atomic E-state index is -0.390. The van der Waals surface area contributed by atoms with Gasteiger partial charge in [-0.05, 0) is 55.3 Å². The molecule has 2 N–H and O–H groups in total. The number of anilines is 2. The number of carbonyl (C=O) groups excluding carboxylic acids is 1. The average Bonchev–Trinajstić information content (AvgIpc) is 3.10. The summed E-state index contributed by atoms with van der Waals surface area (Å²) in [6.07, 6.45) is 0. The molecule has 0 bridgehead atoms. The fourth-order valence-electron chi connectivity index (χ4n) is 2.32. The second kappa shape index (κ2) is 8.50. The highest BCUT2D eigenvalue weighted by molar-refractivity contribution is 7.15. The van der Waals surface area contributed by atoms with Gasteiger partial charge in [0.2, 0.25) is 5.13 Å². The van der Waals surface area contributed by atoms with Gasteiger partial charge < -0.3 is 14.8 Å². The smallest absolute Gasteiger partial charge is 0.325 e. The van der Waals surface area contributed by atoms with Gasteiger partial charge >= 0.3 is 6.03 Å². The number of benzene rings is 2. The summed E-state index contributed by atoms with van der Waals surface area (Å²) in [7, 11) is 1.59. The van der Waals surface area contributed by atoms with Crippen molar-refractivity contribution in [2.45, 2.75) is 20.5 Å². The van der Waals surface area contributed by atoms with Crippen molar-refractivity contribution in [1.82, 2.24) is 10.2 Å². The summed E-state index contributed by atoms with van der Waals surface area (Å²) in [5, 5.41) is 14.5. The number of rotatable bonds is 6. The van der Waals surface area contributed by atoms with E-state index >= 15 is 0 Å². The van der Waals surface area contributed by atoms with Crippen LogP contribution in [-0.4, -0.2) is 23.3 Å². The molecule has 0 saturated carbocycles. The van der Waals surface area contributed by atoms with Crippen molar-refractivity contribution in [3.63, 3.8) is 0 Å². The number of ether oxygens (including phenoxy) is 2. The number of nitrogens with one attached hydrogen (secondary N) is 2. The summed E-state index contributed by atoms with van der Waals surface area (Å²) in [6.45, 7) is 4.35. The van der Waals surface area contributed by atoms with Crippen molar-refractivity contribution >= 4 is 28.2 Å². The monoisotopic (exact) mass is 384 g/mol. The number of aromatic nitrogens is 2. The molecule has 0 unspecified atom stereocenters. The SMILES string of the molecule is COc1ccc(NC(=O)Nc2nnc(COc3cccc(C)c3C)s2)cc1. The molecule has 27 heavy (non-hydrogen) atoms. The molecule has 0 fully saturated rings. The van der Waals surface area contributed by atoms with E-state index in [1.165, 1.54) is 16.9 Å². The molecule has 3 aromatic rings. The number of urea groups is 1. The Morgan fingerprint density at radius 3 is 2.59 bits per heavy atom. The zero-order valence-corrected chi connectivity index (χ0v) is 16.1. The lowest BCUT2D eigenvalue weighted by molar-refractivity contribution is 0.262. The van der Waals surface area contributed by atoms with Gasteiger partial charge in [-0.15, -0.1) is 10.2 Å². The number of nitrogens with zero attached hydrogens (tertiary/aromatic N) is 2. The van der Waals surface area contributed by atoms with Crippen molar-refractivity contribution < 1.29 is 14.3 Å². The van der Waals surface area contributed by atoms with Crippen LogP contribution >= 0.6 is 11.3 Å². The van der Waals surface area contributed by atoms with Crippen LogP contribution in [-0.2, 0) is 6.61 Å². The van der Waals surface area contributed by atoms with Crippen molar-refractivity contribution in [2.75, 3.05) is 17.7 Å². The predicted octanol–water partition coefficient (Wildman–Crippen LogP) is 4.39. The van der Waals surface area contributed by atoms with Crippen molar-refractivity contribution in [3.05, 3.63) is 58.6 Å². The lowest BCUT2D eigenvalue weighted by atomic mass is 10.1. The van der Waals surface area contributed by atoms with E-state index in [2.05, 4.69) is 20.8 Å². The lowest BCUT2D eigenvalue weighted by Gasteiger charge is -2.09. The highest BCUT2D eigenvalue weighted by atomic mass is 32.1. The molecule has 2 amide bonds. The molecule has 7 nitrogen and oxygen atoms in total. The van der Waals surface area contributed by atoms with Gasteiger partial charge in [0.15, 0.2) is 5.01 Å². The van der Waals surface area contributed by atoms with E-state index in [0.29, 0.717) is 22.4 Å². The van der Waals surface area contributed by atoms with Crippen molar-refractivity contribution in [3.8, 4) is 11.5 Å². The maximum atomic E-state index is 12.1. The van der Waals surface area contributed by atoms with Crippen molar-refractivity contribution in [1.29, 1.82) is 0 Å². The largest absolute Gasteiger partial charge is 0.497 e. The van der Waals surface area contributed by atoms with Crippen LogP contribution in [0.3, 0.4) is 0 Å². The van der Waals surface area contributed by atoms with E-state index < -0.39 is 6.03 Å². The summed E-state index contributed by atoms with van der Waals surface area (Å²) >= 11 is 1.27. The van der Waals surface area contributed by atoms with E-state index in [1.54, 1.807) is 31.4 Å². The number of carbonyl (C=O) groups is 1. The maximum absolute atomic E-state index is 12.1. The second-order valence-electron chi connectivity index (χ2n) is 5.80. The van der Waals surface area contributed by atoms with E-state index in [0.717, 1.165) is 17.1 Å². The van der Waals surface area contributed by atoms with Crippen LogP contribution in [0.4, 0.5) is 15.6 Å². The van der Waals surface area contributed by atoms with Crippen LogP contribution in [0.5, 0.6) is 11.5 Å². The second-order valence-corrected chi connectivity index (χ2v) is 6.86. The molecule has 0 aliphatic heterocycles.